The average Bonchev–Trinajstić information content (AvgIpc) is 3.43. The van der Waals surface area contributed by atoms with Gasteiger partial charge in [0.25, 0.3) is 11.8 Å². The van der Waals surface area contributed by atoms with Crippen LogP contribution in [0.5, 0.6) is 0 Å². The first-order valence-electron chi connectivity index (χ1n) is 9.67. The Hall–Kier alpha value is -3.25. The van der Waals surface area contributed by atoms with Crippen molar-refractivity contribution in [2.75, 3.05) is 23.8 Å². The number of carbonyl (C=O) groups is 3. The van der Waals surface area contributed by atoms with Gasteiger partial charge in [-0.1, -0.05) is 16.9 Å². The molecule has 34 heavy (non-hydrogen) atoms. The fourth-order valence-electron chi connectivity index (χ4n) is 3.14. The van der Waals surface area contributed by atoms with Crippen LogP contribution in [0.4, 0.5) is 5.13 Å². The maximum atomic E-state index is 12.9. The summed E-state index contributed by atoms with van der Waals surface area (Å²) in [7, 11) is 1.67. The fraction of sp³-hybridized carbons (Fsp3) is 0.438. The number of fused-ring (bicyclic) bond motifs is 1. The van der Waals surface area contributed by atoms with Gasteiger partial charge in [0.05, 0.1) is 0 Å². The summed E-state index contributed by atoms with van der Waals surface area (Å²) in [5.74, 6) is -1.90. The van der Waals surface area contributed by atoms with Gasteiger partial charge in [-0.15, -0.1) is 16.9 Å². The monoisotopic (exact) mass is 526 g/mol. The largest absolute Gasteiger partial charge is 0.477 e. The number of thioether (sulfide) groups is 2. The number of anilines is 1. The number of hydrogen-bond donors (Lipinski definition) is 3. The number of nitrogens with zero attached hydrogens (tertiary/aromatic N) is 8. The summed E-state index contributed by atoms with van der Waals surface area (Å²) < 4.78 is 5.43. The number of oxime groups is 1. The molecule has 18 heteroatoms. The number of tetrazole rings is 1. The SMILES string of the molecule is CCO/N=C(/C(=O)NC1C(=O)N2C(C(=O)O)=C(CSc3nnnn3C)CSC12)c1nsc(N)n1. The zero-order chi connectivity index (χ0) is 24.4. The van der Waals surface area contributed by atoms with E-state index in [1.807, 2.05) is 0 Å². The molecule has 2 aromatic heterocycles. The number of aromatic nitrogens is 6. The Kier molecular flexibility index (Phi) is 6.98. The van der Waals surface area contributed by atoms with Gasteiger partial charge in [0.1, 0.15) is 23.7 Å². The van der Waals surface area contributed by atoms with Crippen LogP contribution in [0.15, 0.2) is 21.6 Å². The molecule has 15 nitrogen and oxygen atoms in total. The number of aliphatic carboxylic acids is 1. The van der Waals surface area contributed by atoms with Crippen molar-refractivity contribution in [1.82, 2.24) is 39.8 Å². The zero-order valence-corrected chi connectivity index (χ0v) is 20.2. The number of carboxylic acids is 1. The van der Waals surface area contributed by atoms with Crippen LogP contribution in [-0.4, -0.2) is 92.6 Å². The lowest BCUT2D eigenvalue weighted by Crippen LogP contribution is -2.71. The minimum Gasteiger partial charge on any atom is -0.477 e. The van der Waals surface area contributed by atoms with E-state index in [0.717, 1.165) is 11.5 Å². The van der Waals surface area contributed by atoms with E-state index in [-0.39, 0.29) is 29.0 Å². The summed E-state index contributed by atoms with van der Waals surface area (Å²) in [6.45, 7) is 1.88. The predicted molar refractivity (Wildman–Crippen MR) is 122 cm³/mol. The van der Waals surface area contributed by atoms with E-state index < -0.39 is 29.2 Å². The van der Waals surface area contributed by atoms with Crippen LogP contribution in [0.25, 0.3) is 0 Å². The van der Waals surface area contributed by atoms with Gasteiger partial charge in [-0.05, 0) is 22.9 Å². The number of carbonyl (C=O) groups excluding carboxylic acids is 2. The summed E-state index contributed by atoms with van der Waals surface area (Å²) in [5, 5.41) is 27.4. The lowest BCUT2D eigenvalue weighted by atomic mass is 10.0. The number of rotatable bonds is 9. The third-order valence-electron chi connectivity index (χ3n) is 4.65. The highest BCUT2D eigenvalue weighted by molar-refractivity contribution is 8.01. The van der Waals surface area contributed by atoms with Crippen molar-refractivity contribution in [2.45, 2.75) is 23.5 Å². The number of amides is 2. The zero-order valence-electron chi connectivity index (χ0n) is 17.7. The van der Waals surface area contributed by atoms with Crippen LogP contribution in [0.2, 0.25) is 0 Å². The van der Waals surface area contributed by atoms with Gasteiger partial charge >= 0.3 is 5.97 Å². The van der Waals surface area contributed by atoms with Crippen molar-refractivity contribution < 1.29 is 24.3 Å². The van der Waals surface area contributed by atoms with E-state index in [9.17, 15) is 19.5 Å². The van der Waals surface area contributed by atoms with E-state index in [0.29, 0.717) is 22.2 Å². The molecule has 2 atom stereocenters. The average molecular weight is 527 g/mol. The molecule has 4 rings (SSSR count). The Morgan fingerprint density at radius 2 is 2.24 bits per heavy atom. The Balaban J connectivity index is 1.49. The second kappa shape index (κ2) is 9.94. The minimum atomic E-state index is -1.23. The molecule has 180 valence electrons. The number of aryl methyl sites for hydroxylation is 1. The van der Waals surface area contributed by atoms with Gasteiger partial charge in [0, 0.05) is 30.1 Å². The first-order chi connectivity index (χ1) is 16.3. The molecular weight excluding hydrogens is 508 g/mol. The van der Waals surface area contributed by atoms with Crippen molar-refractivity contribution in [3.05, 3.63) is 17.1 Å². The minimum absolute atomic E-state index is 0.0305. The number of nitrogens with two attached hydrogens (primary N) is 1. The van der Waals surface area contributed by atoms with Gasteiger partial charge in [0.2, 0.25) is 16.7 Å². The van der Waals surface area contributed by atoms with Gasteiger partial charge in [-0.25, -0.2) is 9.48 Å². The van der Waals surface area contributed by atoms with Crippen LogP contribution < -0.4 is 11.1 Å². The van der Waals surface area contributed by atoms with Crippen molar-refractivity contribution in [3.63, 3.8) is 0 Å². The molecule has 0 bridgehead atoms. The van der Waals surface area contributed by atoms with E-state index in [1.165, 1.54) is 33.1 Å². The lowest BCUT2D eigenvalue weighted by Gasteiger charge is -2.49. The number of β-lactam (4-membered cyclic amide) rings is 1. The molecule has 4 heterocycles. The molecule has 2 aliphatic heterocycles. The topological polar surface area (TPSA) is 204 Å². The fourth-order valence-corrected chi connectivity index (χ4v) is 5.91. The van der Waals surface area contributed by atoms with Crippen molar-refractivity contribution in [2.24, 2.45) is 12.2 Å². The summed E-state index contributed by atoms with van der Waals surface area (Å²) in [4.78, 5) is 47.9. The third kappa shape index (κ3) is 4.55. The summed E-state index contributed by atoms with van der Waals surface area (Å²) in [6, 6.07) is -0.952. The summed E-state index contributed by atoms with van der Waals surface area (Å²) >= 11 is 3.49. The molecule has 0 spiro atoms. The molecule has 0 aromatic carbocycles. The maximum absolute atomic E-state index is 12.9. The molecule has 2 unspecified atom stereocenters. The molecule has 0 saturated carbocycles. The molecule has 4 N–H and O–H groups in total. The smallest absolute Gasteiger partial charge is 0.352 e. The molecule has 0 aliphatic carbocycles. The first-order valence-corrected chi connectivity index (χ1v) is 12.5. The van der Waals surface area contributed by atoms with Gasteiger partial charge in [-0.2, -0.15) is 9.36 Å². The third-order valence-corrected chi connectivity index (χ3v) is 7.63. The molecular formula is C16H18N10O5S3. The van der Waals surface area contributed by atoms with Crippen molar-refractivity contribution in [3.8, 4) is 0 Å². The molecule has 1 saturated heterocycles. The quantitative estimate of drug-likeness (QED) is 0.154. The number of carboxylic acid groups (broad SMARTS) is 1. The predicted octanol–water partition coefficient (Wildman–Crippen LogP) is -1.08. The first kappa shape index (κ1) is 23.9. The van der Waals surface area contributed by atoms with Crippen molar-refractivity contribution >= 4 is 63.7 Å². The Morgan fingerprint density at radius 1 is 1.44 bits per heavy atom. The molecule has 1 fully saturated rings. The van der Waals surface area contributed by atoms with Crippen LogP contribution >= 0.6 is 35.1 Å². The molecule has 2 aromatic rings. The number of nitrogen functional groups attached to an aromatic ring is 1. The van der Waals surface area contributed by atoms with E-state index in [1.54, 1.807) is 14.0 Å². The van der Waals surface area contributed by atoms with E-state index in [2.05, 4.69) is 35.4 Å². The maximum Gasteiger partial charge on any atom is 0.352 e. The van der Waals surface area contributed by atoms with Crippen LogP contribution in [0, 0.1) is 0 Å². The van der Waals surface area contributed by atoms with Gasteiger partial charge in [-0.3, -0.25) is 14.5 Å². The Bertz CT molecular complexity index is 1190. The van der Waals surface area contributed by atoms with Crippen LogP contribution in [0.1, 0.15) is 12.7 Å². The Morgan fingerprint density at radius 3 is 2.85 bits per heavy atom. The van der Waals surface area contributed by atoms with E-state index in [4.69, 9.17) is 10.6 Å². The summed E-state index contributed by atoms with van der Waals surface area (Å²) in [5.41, 5.74) is 5.82. The normalized spacial score (nSPS) is 20.1. The van der Waals surface area contributed by atoms with Gasteiger partial charge in [0.15, 0.2) is 5.13 Å². The lowest BCUT2D eigenvalue weighted by molar-refractivity contribution is -0.150. The number of nitrogens with one attached hydrogen (secondary N) is 1. The highest BCUT2D eigenvalue weighted by atomic mass is 32.2. The van der Waals surface area contributed by atoms with Gasteiger partial charge < -0.3 is 21.0 Å². The number of hydrogen-bond acceptors (Lipinski definition) is 14. The molecule has 0 radical (unpaired) electrons. The van der Waals surface area contributed by atoms with Crippen LogP contribution in [0.3, 0.4) is 0 Å². The van der Waals surface area contributed by atoms with Crippen molar-refractivity contribution in [1.29, 1.82) is 0 Å². The highest BCUT2D eigenvalue weighted by Crippen LogP contribution is 2.41. The van der Waals surface area contributed by atoms with Crippen LogP contribution in [-0.2, 0) is 26.3 Å². The molecule has 2 aliphatic rings. The second-order valence-corrected chi connectivity index (χ2v) is 9.64. The van der Waals surface area contributed by atoms with E-state index >= 15 is 0 Å². The highest BCUT2D eigenvalue weighted by Gasteiger charge is 2.54. The second-order valence-electron chi connectivity index (χ2n) is 6.81. The summed E-state index contributed by atoms with van der Waals surface area (Å²) in [6.07, 6.45) is 0. The molecule has 2 amide bonds. The standard InChI is InChI=1S/C16H18N10O5S3/c1-3-31-21-7(10-19-15(17)34-22-10)11(27)18-8-12(28)26-9(14(29)30)6(4-32-13(8)26)5-33-16-20-23-24-25(16)2/h8,13H,3-5H2,1-2H3,(H,18,27)(H,29,30)(H2,17,19,22)/b21-7+. The Labute approximate surface area is 204 Å².